The molecule has 27 heavy (non-hydrogen) atoms. The van der Waals surface area contributed by atoms with E-state index < -0.39 is 30.1 Å². The van der Waals surface area contributed by atoms with Crippen molar-refractivity contribution in [2.24, 2.45) is 0 Å². The fourth-order valence-electron chi connectivity index (χ4n) is 2.35. The molecule has 150 valence electrons. The van der Waals surface area contributed by atoms with Crippen molar-refractivity contribution in [2.45, 2.75) is 64.6 Å². The number of carboxylic acids is 1. The lowest BCUT2D eigenvalue weighted by Crippen LogP contribution is -2.51. The SMILES string of the molecule is CC(NC(O)OC(C)(C)C)C(=O)NC(C=CC(=O)O)CCc1ccccc1. The molecule has 4 N–H and O–H groups in total. The quantitative estimate of drug-likeness (QED) is 0.365. The number of rotatable bonds is 10. The fraction of sp³-hybridized carbons (Fsp3) is 0.500. The molecule has 0 aliphatic carbocycles. The summed E-state index contributed by atoms with van der Waals surface area (Å²) < 4.78 is 5.32. The smallest absolute Gasteiger partial charge is 0.328 e. The van der Waals surface area contributed by atoms with Crippen molar-refractivity contribution in [1.29, 1.82) is 0 Å². The molecule has 1 aromatic carbocycles. The van der Waals surface area contributed by atoms with E-state index >= 15 is 0 Å². The number of benzene rings is 1. The summed E-state index contributed by atoms with van der Waals surface area (Å²) in [6, 6.07) is 8.57. The van der Waals surface area contributed by atoms with Crippen LogP contribution in [0.3, 0.4) is 0 Å². The van der Waals surface area contributed by atoms with Crippen molar-refractivity contribution < 1.29 is 24.5 Å². The number of aliphatic hydroxyl groups excluding tert-OH is 1. The Morgan fingerprint density at radius 1 is 1.22 bits per heavy atom. The van der Waals surface area contributed by atoms with Gasteiger partial charge < -0.3 is 20.3 Å². The van der Waals surface area contributed by atoms with Crippen molar-refractivity contribution in [3.05, 3.63) is 48.0 Å². The molecule has 0 aliphatic rings. The van der Waals surface area contributed by atoms with Gasteiger partial charge in [0.15, 0.2) is 0 Å². The lowest BCUT2D eigenvalue weighted by Gasteiger charge is -2.27. The van der Waals surface area contributed by atoms with Crippen LogP contribution in [-0.4, -0.2) is 46.2 Å². The second-order valence-electron chi connectivity index (χ2n) is 7.31. The van der Waals surface area contributed by atoms with E-state index in [0.717, 1.165) is 11.6 Å². The van der Waals surface area contributed by atoms with Crippen LogP contribution in [-0.2, 0) is 20.7 Å². The van der Waals surface area contributed by atoms with Crippen LogP contribution in [0.2, 0.25) is 0 Å². The lowest BCUT2D eigenvalue weighted by atomic mass is 10.0. The number of aryl methyl sites for hydroxylation is 1. The fourth-order valence-corrected chi connectivity index (χ4v) is 2.35. The molecule has 1 rings (SSSR count). The summed E-state index contributed by atoms with van der Waals surface area (Å²) >= 11 is 0. The predicted molar refractivity (Wildman–Crippen MR) is 103 cm³/mol. The Hall–Kier alpha value is -2.22. The minimum absolute atomic E-state index is 0.361. The number of aliphatic hydroxyl groups is 1. The van der Waals surface area contributed by atoms with E-state index in [-0.39, 0.29) is 5.91 Å². The first kappa shape index (κ1) is 22.8. The van der Waals surface area contributed by atoms with Crippen LogP contribution in [0.25, 0.3) is 0 Å². The van der Waals surface area contributed by atoms with Crippen LogP contribution in [0.15, 0.2) is 42.5 Å². The summed E-state index contributed by atoms with van der Waals surface area (Å²) in [5.41, 5.74) is 0.533. The standard InChI is InChI=1S/C20H30N2O5/c1-14(21-19(26)27-20(2,3)4)18(25)22-16(12-13-17(23)24)11-10-15-8-6-5-7-9-15/h5-9,12-14,16,19,21,26H,10-11H2,1-4H3,(H,22,25)(H,23,24). The monoisotopic (exact) mass is 378 g/mol. The van der Waals surface area contributed by atoms with Gasteiger partial charge >= 0.3 is 5.97 Å². The number of nitrogens with one attached hydrogen (secondary N) is 2. The summed E-state index contributed by atoms with van der Waals surface area (Å²) in [7, 11) is 0. The number of carbonyl (C=O) groups is 2. The van der Waals surface area contributed by atoms with E-state index in [4.69, 9.17) is 9.84 Å². The molecule has 0 saturated carbocycles. The zero-order chi connectivity index (χ0) is 20.4. The first-order valence-corrected chi connectivity index (χ1v) is 8.94. The van der Waals surface area contributed by atoms with Crippen LogP contribution in [0.4, 0.5) is 0 Å². The van der Waals surface area contributed by atoms with Crippen LogP contribution in [0, 0.1) is 0 Å². The number of hydrogen-bond donors (Lipinski definition) is 4. The highest BCUT2D eigenvalue weighted by Crippen LogP contribution is 2.09. The molecule has 7 heteroatoms. The molecular weight excluding hydrogens is 348 g/mol. The Bertz CT molecular complexity index is 625. The van der Waals surface area contributed by atoms with Crippen molar-refractivity contribution in [2.75, 3.05) is 0 Å². The van der Waals surface area contributed by atoms with Gasteiger partial charge in [0, 0.05) is 12.1 Å². The molecule has 1 aromatic rings. The lowest BCUT2D eigenvalue weighted by molar-refractivity contribution is -0.186. The van der Waals surface area contributed by atoms with Gasteiger partial charge in [-0.25, -0.2) is 4.79 Å². The van der Waals surface area contributed by atoms with Gasteiger partial charge in [-0.2, -0.15) is 0 Å². The van der Waals surface area contributed by atoms with Crippen LogP contribution >= 0.6 is 0 Å². The summed E-state index contributed by atoms with van der Waals surface area (Å²) in [5, 5.41) is 24.2. The third-order valence-corrected chi connectivity index (χ3v) is 3.64. The molecule has 0 bridgehead atoms. The Balaban J connectivity index is 2.64. The molecule has 3 unspecified atom stereocenters. The van der Waals surface area contributed by atoms with Crippen LogP contribution < -0.4 is 10.6 Å². The molecule has 0 aromatic heterocycles. The molecule has 3 atom stereocenters. The molecule has 0 saturated heterocycles. The van der Waals surface area contributed by atoms with Gasteiger partial charge in [-0.15, -0.1) is 0 Å². The van der Waals surface area contributed by atoms with E-state index in [0.29, 0.717) is 12.8 Å². The summed E-state index contributed by atoms with van der Waals surface area (Å²) in [6.07, 6.45) is 2.42. The second kappa shape index (κ2) is 10.8. The number of carboxylic acid groups (broad SMARTS) is 1. The number of hydrogen-bond acceptors (Lipinski definition) is 5. The van der Waals surface area contributed by atoms with E-state index in [1.807, 2.05) is 30.3 Å². The molecular formula is C20H30N2O5. The highest BCUT2D eigenvalue weighted by Gasteiger charge is 2.22. The number of amides is 1. The Morgan fingerprint density at radius 2 is 1.85 bits per heavy atom. The largest absolute Gasteiger partial charge is 0.478 e. The predicted octanol–water partition coefficient (Wildman–Crippen LogP) is 1.81. The van der Waals surface area contributed by atoms with Crippen LogP contribution in [0.5, 0.6) is 0 Å². The van der Waals surface area contributed by atoms with Crippen LogP contribution in [0.1, 0.15) is 39.7 Å². The molecule has 0 aliphatic heterocycles. The van der Waals surface area contributed by atoms with Gasteiger partial charge in [-0.3, -0.25) is 10.1 Å². The van der Waals surface area contributed by atoms with Gasteiger partial charge in [-0.1, -0.05) is 36.4 Å². The van der Waals surface area contributed by atoms with Gasteiger partial charge in [-0.05, 0) is 46.1 Å². The molecule has 0 radical (unpaired) electrons. The third-order valence-electron chi connectivity index (χ3n) is 3.64. The van der Waals surface area contributed by atoms with Gasteiger partial charge in [0.25, 0.3) is 0 Å². The second-order valence-corrected chi connectivity index (χ2v) is 7.31. The average molecular weight is 378 g/mol. The molecule has 1 amide bonds. The zero-order valence-electron chi connectivity index (χ0n) is 16.3. The molecule has 0 spiro atoms. The minimum Gasteiger partial charge on any atom is -0.478 e. The average Bonchev–Trinajstić information content (AvgIpc) is 2.56. The van der Waals surface area contributed by atoms with Crippen molar-refractivity contribution in [3.8, 4) is 0 Å². The first-order chi connectivity index (χ1) is 12.6. The highest BCUT2D eigenvalue weighted by molar-refractivity contribution is 5.82. The van der Waals surface area contributed by atoms with E-state index in [2.05, 4.69) is 10.6 Å². The Labute approximate surface area is 160 Å². The highest BCUT2D eigenvalue weighted by atomic mass is 16.6. The van der Waals surface area contributed by atoms with Gasteiger partial charge in [0.05, 0.1) is 11.6 Å². The van der Waals surface area contributed by atoms with Crippen molar-refractivity contribution >= 4 is 11.9 Å². The Kier molecular flexibility index (Phi) is 9.14. The molecule has 0 heterocycles. The van der Waals surface area contributed by atoms with Gasteiger partial charge in [0.1, 0.15) is 0 Å². The third kappa shape index (κ3) is 10.5. The maximum absolute atomic E-state index is 12.4. The van der Waals surface area contributed by atoms with Crippen molar-refractivity contribution in [1.82, 2.24) is 10.6 Å². The number of ether oxygens (including phenoxy) is 1. The number of aliphatic carboxylic acids is 1. The summed E-state index contributed by atoms with van der Waals surface area (Å²) in [4.78, 5) is 23.2. The van der Waals surface area contributed by atoms with Gasteiger partial charge in [0.2, 0.25) is 12.3 Å². The molecule has 7 nitrogen and oxygen atoms in total. The summed E-state index contributed by atoms with van der Waals surface area (Å²) in [5.74, 6) is -1.44. The van der Waals surface area contributed by atoms with E-state index in [1.165, 1.54) is 6.08 Å². The summed E-state index contributed by atoms with van der Waals surface area (Å²) in [6.45, 7) is 6.97. The molecule has 0 fully saturated rings. The zero-order valence-corrected chi connectivity index (χ0v) is 16.3. The van der Waals surface area contributed by atoms with E-state index in [1.54, 1.807) is 27.7 Å². The maximum atomic E-state index is 12.4. The topological polar surface area (TPSA) is 108 Å². The first-order valence-electron chi connectivity index (χ1n) is 8.94. The Morgan fingerprint density at radius 3 is 2.41 bits per heavy atom. The van der Waals surface area contributed by atoms with E-state index in [9.17, 15) is 14.7 Å². The normalized spacial score (nSPS) is 15.3. The minimum atomic E-state index is -1.29. The maximum Gasteiger partial charge on any atom is 0.328 e. The number of carbonyl (C=O) groups excluding carboxylic acids is 1. The van der Waals surface area contributed by atoms with Crippen molar-refractivity contribution in [3.63, 3.8) is 0 Å².